The van der Waals surface area contributed by atoms with E-state index in [1.807, 2.05) is 13.0 Å². The van der Waals surface area contributed by atoms with Gasteiger partial charge in [-0.2, -0.15) is 0 Å². The van der Waals surface area contributed by atoms with Crippen LogP contribution < -0.4 is 0 Å². The molecule has 0 aliphatic heterocycles. The van der Waals surface area contributed by atoms with E-state index in [0.29, 0.717) is 34.6 Å². The van der Waals surface area contributed by atoms with Crippen molar-refractivity contribution in [1.82, 2.24) is 9.97 Å². The van der Waals surface area contributed by atoms with E-state index in [4.69, 9.17) is 10.2 Å². The maximum atomic E-state index is 10.7. The van der Waals surface area contributed by atoms with Gasteiger partial charge in [0.1, 0.15) is 10.1 Å². The molecule has 0 saturated heterocycles. The lowest BCUT2D eigenvalue weighted by Crippen LogP contribution is -1.97. The maximum absolute atomic E-state index is 10.7. The summed E-state index contributed by atoms with van der Waals surface area (Å²) in [6, 6.07) is 5.32. The van der Waals surface area contributed by atoms with Crippen molar-refractivity contribution < 1.29 is 19.8 Å². The number of carbonyl (C=O) groups is 2. The standard InChI is InChI=1S/C11H8N2O4S2/c1-5-2-3-6-7(4-5)13-9(19-11(16)17)8(12-6)18-10(14)15/h2-4H,1H3,(H,14,15)(H,16,17). The Morgan fingerprint density at radius 2 is 1.53 bits per heavy atom. The molecule has 19 heavy (non-hydrogen) atoms. The third-order valence-corrected chi connectivity index (χ3v) is 3.56. The molecule has 2 rings (SSSR count). The second-order valence-electron chi connectivity index (χ2n) is 3.56. The van der Waals surface area contributed by atoms with Gasteiger partial charge in [-0.15, -0.1) is 0 Å². The Balaban J connectivity index is 2.58. The lowest BCUT2D eigenvalue weighted by molar-refractivity contribution is 0.221. The lowest BCUT2D eigenvalue weighted by atomic mass is 10.2. The fourth-order valence-electron chi connectivity index (χ4n) is 1.43. The zero-order valence-corrected chi connectivity index (χ0v) is 11.3. The minimum atomic E-state index is -1.16. The molecule has 6 nitrogen and oxygen atoms in total. The summed E-state index contributed by atoms with van der Waals surface area (Å²) < 4.78 is 0. The molecular formula is C11H8N2O4S2. The Morgan fingerprint density at radius 1 is 1.00 bits per heavy atom. The number of fused-ring (bicyclic) bond motifs is 1. The van der Waals surface area contributed by atoms with Crippen molar-refractivity contribution in [3.8, 4) is 0 Å². The first-order valence-electron chi connectivity index (χ1n) is 5.05. The van der Waals surface area contributed by atoms with Gasteiger partial charge >= 0.3 is 10.6 Å². The van der Waals surface area contributed by atoms with Gasteiger partial charge in [0.2, 0.25) is 0 Å². The number of thioether (sulfide) groups is 2. The summed E-state index contributed by atoms with van der Waals surface area (Å²) in [5, 5.41) is 15.4. The van der Waals surface area contributed by atoms with Crippen molar-refractivity contribution >= 4 is 45.2 Å². The molecule has 0 spiro atoms. The zero-order chi connectivity index (χ0) is 14.0. The predicted molar refractivity (Wildman–Crippen MR) is 72.0 cm³/mol. The summed E-state index contributed by atoms with van der Waals surface area (Å²) >= 11 is 0.892. The van der Waals surface area contributed by atoms with Gasteiger partial charge < -0.3 is 10.2 Å². The molecule has 0 radical (unpaired) electrons. The van der Waals surface area contributed by atoms with Crippen LogP contribution in [0.1, 0.15) is 5.56 Å². The molecule has 0 amide bonds. The number of aryl methyl sites for hydroxylation is 1. The van der Waals surface area contributed by atoms with Crippen LogP contribution in [-0.4, -0.2) is 30.8 Å². The highest BCUT2D eigenvalue weighted by Gasteiger charge is 2.16. The largest absolute Gasteiger partial charge is 0.473 e. The molecule has 1 aromatic carbocycles. The Bertz CT molecular complexity index is 675. The van der Waals surface area contributed by atoms with Crippen molar-refractivity contribution in [3.05, 3.63) is 23.8 Å². The number of hydrogen-bond acceptors (Lipinski definition) is 6. The van der Waals surface area contributed by atoms with Gasteiger partial charge in [-0.3, -0.25) is 0 Å². The summed E-state index contributed by atoms with van der Waals surface area (Å²) in [4.78, 5) is 29.8. The molecule has 8 heteroatoms. The average molecular weight is 296 g/mol. The second kappa shape index (κ2) is 5.45. The van der Waals surface area contributed by atoms with E-state index in [1.165, 1.54) is 0 Å². The van der Waals surface area contributed by atoms with Crippen LogP contribution >= 0.6 is 23.5 Å². The van der Waals surface area contributed by atoms with E-state index in [1.54, 1.807) is 12.1 Å². The first-order valence-corrected chi connectivity index (χ1v) is 6.69. The van der Waals surface area contributed by atoms with Crippen molar-refractivity contribution in [2.24, 2.45) is 0 Å². The summed E-state index contributed by atoms with van der Waals surface area (Å²) in [5.41, 5.74) is 2.04. The Kier molecular flexibility index (Phi) is 3.91. The van der Waals surface area contributed by atoms with Gasteiger partial charge in [-0.25, -0.2) is 19.6 Å². The van der Waals surface area contributed by atoms with E-state index in [9.17, 15) is 9.59 Å². The van der Waals surface area contributed by atoms with Crippen LogP contribution in [0.2, 0.25) is 0 Å². The van der Waals surface area contributed by atoms with Gasteiger partial charge in [0, 0.05) is 23.5 Å². The van der Waals surface area contributed by atoms with Crippen molar-refractivity contribution in [2.45, 2.75) is 17.0 Å². The molecule has 2 aromatic rings. The van der Waals surface area contributed by atoms with Crippen LogP contribution in [0.3, 0.4) is 0 Å². The average Bonchev–Trinajstić information content (AvgIpc) is 2.28. The second-order valence-corrected chi connectivity index (χ2v) is 5.44. The van der Waals surface area contributed by atoms with Crippen molar-refractivity contribution in [2.75, 3.05) is 0 Å². The van der Waals surface area contributed by atoms with E-state index >= 15 is 0 Å². The number of carboxylic acid groups (broad SMARTS) is 2. The van der Waals surface area contributed by atoms with Gasteiger partial charge in [0.15, 0.2) is 0 Å². The topological polar surface area (TPSA) is 100 Å². The van der Waals surface area contributed by atoms with Crippen LogP contribution in [0.25, 0.3) is 11.0 Å². The molecule has 0 unspecified atom stereocenters. The molecule has 0 fully saturated rings. The molecule has 1 heterocycles. The summed E-state index contributed by atoms with van der Waals surface area (Å²) in [7, 11) is 0. The molecule has 0 bridgehead atoms. The monoisotopic (exact) mass is 296 g/mol. The first-order chi connectivity index (χ1) is 8.95. The summed E-state index contributed by atoms with van der Waals surface area (Å²) in [5.74, 6) is 0. The number of benzene rings is 1. The lowest BCUT2D eigenvalue weighted by Gasteiger charge is -2.05. The van der Waals surface area contributed by atoms with Crippen molar-refractivity contribution in [1.29, 1.82) is 0 Å². The molecule has 0 aliphatic carbocycles. The molecule has 0 aliphatic rings. The van der Waals surface area contributed by atoms with Crippen LogP contribution in [0, 0.1) is 6.92 Å². The third-order valence-electron chi connectivity index (χ3n) is 2.13. The minimum absolute atomic E-state index is 0.0799. The fourth-order valence-corrected chi connectivity index (χ4v) is 2.57. The van der Waals surface area contributed by atoms with Crippen LogP contribution in [-0.2, 0) is 0 Å². The van der Waals surface area contributed by atoms with E-state index < -0.39 is 10.6 Å². The van der Waals surface area contributed by atoms with Gasteiger partial charge in [0.05, 0.1) is 11.0 Å². The van der Waals surface area contributed by atoms with Gasteiger partial charge in [-0.1, -0.05) is 6.07 Å². The Hall–Kier alpha value is -1.80. The highest BCUT2D eigenvalue weighted by atomic mass is 32.2. The molecule has 0 atom stereocenters. The van der Waals surface area contributed by atoms with E-state index in [0.717, 1.165) is 5.56 Å². The van der Waals surface area contributed by atoms with Crippen LogP contribution in [0.5, 0.6) is 0 Å². The first kappa shape index (κ1) is 13.6. The van der Waals surface area contributed by atoms with E-state index in [2.05, 4.69) is 9.97 Å². The molecular weight excluding hydrogens is 288 g/mol. The highest BCUT2D eigenvalue weighted by molar-refractivity contribution is 8.15. The van der Waals surface area contributed by atoms with E-state index in [-0.39, 0.29) is 10.1 Å². The maximum Gasteiger partial charge on any atom is 0.371 e. The van der Waals surface area contributed by atoms with Crippen LogP contribution in [0.4, 0.5) is 9.59 Å². The zero-order valence-electron chi connectivity index (χ0n) is 9.65. The SMILES string of the molecule is Cc1ccc2nc(SC(=O)O)c(SC(=O)O)nc2c1. The Morgan fingerprint density at radius 3 is 2.05 bits per heavy atom. The fraction of sp³-hybridized carbons (Fsp3) is 0.0909. The smallest absolute Gasteiger partial charge is 0.371 e. The molecule has 2 N–H and O–H groups in total. The number of aromatic nitrogens is 2. The Labute approximate surface area is 116 Å². The molecule has 1 aromatic heterocycles. The third kappa shape index (κ3) is 3.36. The molecule has 0 saturated carbocycles. The minimum Gasteiger partial charge on any atom is -0.473 e. The highest BCUT2D eigenvalue weighted by Crippen LogP contribution is 2.30. The normalized spacial score (nSPS) is 10.6. The number of rotatable bonds is 2. The van der Waals surface area contributed by atoms with Crippen molar-refractivity contribution in [3.63, 3.8) is 0 Å². The predicted octanol–water partition coefficient (Wildman–Crippen LogP) is 3.48. The summed E-state index contributed by atoms with van der Waals surface area (Å²) in [6.07, 6.45) is 0. The number of hydrogen-bond donors (Lipinski definition) is 2. The summed E-state index contributed by atoms with van der Waals surface area (Å²) in [6.45, 7) is 1.88. The molecule has 98 valence electrons. The van der Waals surface area contributed by atoms with Crippen LogP contribution in [0.15, 0.2) is 28.3 Å². The van der Waals surface area contributed by atoms with Gasteiger partial charge in [-0.05, 0) is 24.6 Å². The van der Waals surface area contributed by atoms with Gasteiger partial charge in [0.25, 0.3) is 0 Å². The quantitative estimate of drug-likeness (QED) is 0.812. The number of nitrogens with zero attached hydrogens (tertiary/aromatic N) is 2.